The van der Waals surface area contributed by atoms with E-state index in [0.29, 0.717) is 11.5 Å². The molecule has 1 aliphatic heterocycles. The molecule has 0 saturated heterocycles. The van der Waals surface area contributed by atoms with Gasteiger partial charge in [-0.15, -0.1) is 0 Å². The summed E-state index contributed by atoms with van der Waals surface area (Å²) in [5, 5.41) is 1.12. The van der Waals surface area contributed by atoms with Crippen molar-refractivity contribution in [2.75, 3.05) is 16.8 Å². The quantitative estimate of drug-likeness (QED) is 0.560. The van der Waals surface area contributed by atoms with Crippen LogP contribution in [0.4, 0.5) is 5.69 Å². The zero-order valence-electron chi connectivity index (χ0n) is 13.9. The highest BCUT2D eigenvalue weighted by Gasteiger charge is 2.33. The predicted octanol–water partition coefficient (Wildman–Crippen LogP) is 5.81. The average molecular weight is 352 g/mol. The number of anilines is 1. The largest absolute Gasteiger partial charge is 0.368 e. The Labute approximate surface area is 139 Å². The smallest absolute Gasteiger partial charge is 0.0401 e. The van der Waals surface area contributed by atoms with E-state index in [0.717, 1.165) is 5.33 Å². The minimum Gasteiger partial charge on any atom is -0.368 e. The van der Waals surface area contributed by atoms with E-state index >= 15 is 0 Å². The highest BCUT2D eigenvalue weighted by molar-refractivity contribution is 9.09. The summed E-state index contributed by atoms with van der Waals surface area (Å²) >= 11 is 3.84. The van der Waals surface area contributed by atoms with Gasteiger partial charge in [0, 0.05) is 23.6 Å². The molecule has 0 fully saturated rings. The van der Waals surface area contributed by atoms with E-state index in [1.165, 1.54) is 56.3 Å². The fourth-order valence-electron chi connectivity index (χ4n) is 3.88. The lowest BCUT2D eigenvalue weighted by molar-refractivity contribution is 0.270. The molecule has 0 radical (unpaired) electrons. The molecule has 0 spiro atoms. The first-order valence-corrected chi connectivity index (χ1v) is 9.68. The van der Waals surface area contributed by atoms with Crippen molar-refractivity contribution in [3.05, 3.63) is 29.8 Å². The Morgan fingerprint density at radius 1 is 1.19 bits per heavy atom. The van der Waals surface area contributed by atoms with E-state index in [1.807, 2.05) is 0 Å². The summed E-state index contributed by atoms with van der Waals surface area (Å²) < 4.78 is 0. The minimum absolute atomic E-state index is 0.419. The number of hydrogen-bond donors (Lipinski definition) is 0. The number of aryl methyl sites for hydroxylation is 1. The van der Waals surface area contributed by atoms with Gasteiger partial charge in [-0.1, -0.05) is 60.8 Å². The van der Waals surface area contributed by atoms with Crippen LogP contribution in [0, 0.1) is 5.41 Å². The first-order chi connectivity index (χ1) is 10.2. The Hall–Kier alpha value is -0.500. The van der Waals surface area contributed by atoms with Crippen LogP contribution in [0.15, 0.2) is 24.3 Å². The summed E-state index contributed by atoms with van der Waals surface area (Å²) in [7, 11) is 0. The van der Waals surface area contributed by atoms with Crippen LogP contribution in [0.3, 0.4) is 0 Å². The van der Waals surface area contributed by atoms with Crippen molar-refractivity contribution < 1.29 is 0 Å². The van der Waals surface area contributed by atoms with Crippen molar-refractivity contribution in [2.24, 2.45) is 5.41 Å². The molecule has 1 aromatic rings. The molecule has 0 aliphatic carbocycles. The molecule has 2 rings (SSSR count). The maximum absolute atomic E-state index is 3.84. The van der Waals surface area contributed by atoms with Crippen LogP contribution in [-0.4, -0.2) is 17.9 Å². The number of para-hydroxylation sites is 1. The van der Waals surface area contributed by atoms with Crippen LogP contribution in [0.2, 0.25) is 0 Å². The average Bonchev–Trinajstić information content (AvgIpc) is 2.50. The van der Waals surface area contributed by atoms with Crippen LogP contribution in [0.1, 0.15) is 58.4 Å². The summed E-state index contributed by atoms with van der Waals surface area (Å²) in [6.07, 6.45) is 7.70. The van der Waals surface area contributed by atoms with Gasteiger partial charge in [-0.05, 0) is 49.7 Å². The summed E-state index contributed by atoms with van der Waals surface area (Å²) in [5.74, 6) is 0. The lowest BCUT2D eigenvalue weighted by atomic mass is 9.79. The van der Waals surface area contributed by atoms with E-state index in [-0.39, 0.29) is 0 Å². The van der Waals surface area contributed by atoms with Gasteiger partial charge >= 0.3 is 0 Å². The molecule has 1 aromatic carbocycles. The second kappa shape index (κ2) is 7.67. The summed E-state index contributed by atoms with van der Waals surface area (Å²) in [4.78, 5) is 2.69. The topological polar surface area (TPSA) is 3.24 Å². The third-order valence-electron chi connectivity index (χ3n) is 5.01. The molecule has 1 heterocycles. The summed E-state index contributed by atoms with van der Waals surface area (Å²) in [5.41, 5.74) is 3.43. The summed E-state index contributed by atoms with van der Waals surface area (Å²) in [6.45, 7) is 8.23. The normalized spacial score (nSPS) is 18.7. The van der Waals surface area contributed by atoms with Crippen molar-refractivity contribution in [3.63, 3.8) is 0 Å². The molecular weight excluding hydrogens is 322 g/mol. The molecule has 1 atom stereocenters. The second-order valence-electron chi connectivity index (χ2n) is 6.78. The third kappa shape index (κ3) is 3.83. The van der Waals surface area contributed by atoms with E-state index in [1.54, 1.807) is 0 Å². The highest BCUT2D eigenvalue weighted by Crippen LogP contribution is 2.38. The van der Waals surface area contributed by atoms with Crippen LogP contribution in [-0.2, 0) is 6.42 Å². The number of rotatable bonds is 7. The molecule has 0 N–H and O–H groups in total. The van der Waals surface area contributed by atoms with Gasteiger partial charge in [0.05, 0.1) is 0 Å². The van der Waals surface area contributed by atoms with Crippen molar-refractivity contribution in [2.45, 2.75) is 65.3 Å². The lowest BCUT2D eigenvalue weighted by Gasteiger charge is -2.44. The molecule has 0 amide bonds. The molecule has 1 unspecified atom stereocenters. The highest BCUT2D eigenvalue weighted by atomic mass is 79.9. The molecular formula is C19H30BrN. The van der Waals surface area contributed by atoms with Gasteiger partial charge in [-0.25, -0.2) is 0 Å². The van der Waals surface area contributed by atoms with Crippen molar-refractivity contribution in [3.8, 4) is 0 Å². The van der Waals surface area contributed by atoms with Gasteiger partial charge in [-0.2, -0.15) is 0 Å². The van der Waals surface area contributed by atoms with E-state index in [4.69, 9.17) is 0 Å². The SMILES string of the molecule is CCCC(CBr)(CCC)CN1c2ccccc2CCC1C. The van der Waals surface area contributed by atoms with E-state index in [2.05, 4.69) is 65.9 Å². The fraction of sp³-hybridized carbons (Fsp3) is 0.684. The van der Waals surface area contributed by atoms with Crippen molar-refractivity contribution in [1.29, 1.82) is 0 Å². The van der Waals surface area contributed by atoms with E-state index < -0.39 is 0 Å². The Bertz CT molecular complexity index is 437. The number of hydrogen-bond acceptors (Lipinski definition) is 1. The molecule has 0 aromatic heterocycles. The first kappa shape index (κ1) is 16.9. The van der Waals surface area contributed by atoms with Gasteiger partial charge in [0.1, 0.15) is 0 Å². The Morgan fingerprint density at radius 3 is 2.48 bits per heavy atom. The van der Waals surface area contributed by atoms with Gasteiger partial charge in [0.2, 0.25) is 0 Å². The zero-order valence-corrected chi connectivity index (χ0v) is 15.5. The van der Waals surface area contributed by atoms with Gasteiger partial charge in [0.25, 0.3) is 0 Å². The standard InChI is InChI=1S/C19H30BrN/c1-4-12-19(14-20,13-5-2)15-21-16(3)10-11-17-8-6-7-9-18(17)21/h6-9,16H,4-5,10-15H2,1-3H3. The molecule has 118 valence electrons. The molecule has 21 heavy (non-hydrogen) atoms. The monoisotopic (exact) mass is 351 g/mol. The number of halogens is 1. The Morgan fingerprint density at radius 2 is 1.86 bits per heavy atom. The molecule has 2 heteroatoms. The van der Waals surface area contributed by atoms with Crippen molar-refractivity contribution >= 4 is 21.6 Å². The van der Waals surface area contributed by atoms with Gasteiger partial charge in [0.15, 0.2) is 0 Å². The van der Waals surface area contributed by atoms with Crippen LogP contribution in [0.5, 0.6) is 0 Å². The molecule has 0 bridgehead atoms. The lowest BCUT2D eigenvalue weighted by Crippen LogP contribution is -2.46. The van der Waals surface area contributed by atoms with Crippen molar-refractivity contribution in [1.82, 2.24) is 0 Å². The maximum atomic E-state index is 3.84. The third-order valence-corrected chi connectivity index (χ3v) is 6.20. The number of alkyl halides is 1. The predicted molar refractivity (Wildman–Crippen MR) is 97.6 cm³/mol. The number of fused-ring (bicyclic) bond motifs is 1. The van der Waals surface area contributed by atoms with E-state index in [9.17, 15) is 0 Å². The van der Waals surface area contributed by atoms with Crippen LogP contribution < -0.4 is 4.90 Å². The molecule has 0 saturated carbocycles. The molecule has 1 nitrogen and oxygen atoms in total. The van der Waals surface area contributed by atoms with Gasteiger partial charge in [-0.3, -0.25) is 0 Å². The minimum atomic E-state index is 0.419. The number of benzene rings is 1. The zero-order chi connectivity index (χ0) is 15.3. The Balaban J connectivity index is 2.26. The second-order valence-corrected chi connectivity index (χ2v) is 7.34. The van der Waals surface area contributed by atoms with Crippen LogP contribution >= 0.6 is 15.9 Å². The van der Waals surface area contributed by atoms with Gasteiger partial charge < -0.3 is 4.90 Å². The first-order valence-electron chi connectivity index (χ1n) is 8.56. The van der Waals surface area contributed by atoms with Crippen LogP contribution in [0.25, 0.3) is 0 Å². The Kier molecular flexibility index (Phi) is 6.16. The molecule has 1 aliphatic rings. The maximum Gasteiger partial charge on any atom is 0.0401 e. The fourth-order valence-corrected chi connectivity index (χ4v) is 4.62. The summed E-state index contributed by atoms with van der Waals surface area (Å²) in [6, 6.07) is 9.67. The number of nitrogens with zero attached hydrogens (tertiary/aromatic N) is 1.